The zero-order valence-corrected chi connectivity index (χ0v) is 12.8. The first-order valence-corrected chi connectivity index (χ1v) is 8.47. The van der Waals surface area contributed by atoms with Crippen LogP contribution in [0.15, 0.2) is 29.3 Å². The molecule has 3 atom stereocenters. The topological polar surface area (TPSA) is 68.0 Å². The molecule has 1 aromatic carbocycles. The van der Waals surface area contributed by atoms with E-state index in [0.29, 0.717) is 23.4 Å². The van der Waals surface area contributed by atoms with Gasteiger partial charge in [0.2, 0.25) is 5.90 Å². The largest absolute Gasteiger partial charge is 0.383 e. The smallest absolute Gasteiger partial charge is 0.282 e. The molecular weight excluding hydrogens is 294 g/mol. The highest BCUT2D eigenvalue weighted by atomic mass is 16.7. The molecule has 4 fully saturated rings. The molecule has 2 saturated carbocycles. The predicted molar refractivity (Wildman–Crippen MR) is 83.7 cm³/mol. The fraction of sp³-hybridized carbons (Fsp3) is 0.588. The van der Waals surface area contributed by atoms with Crippen LogP contribution in [0.5, 0.6) is 0 Å². The lowest BCUT2D eigenvalue weighted by Crippen LogP contribution is -2.40. The number of nitro groups is 1. The van der Waals surface area contributed by atoms with Crippen molar-refractivity contribution in [3.63, 3.8) is 0 Å². The van der Waals surface area contributed by atoms with E-state index in [1.807, 2.05) is 0 Å². The molecule has 1 aromatic rings. The molecule has 0 amide bonds. The van der Waals surface area contributed by atoms with Gasteiger partial charge < -0.3 is 4.84 Å². The number of rotatable bonds is 2. The van der Waals surface area contributed by atoms with Crippen LogP contribution in [0, 0.1) is 27.9 Å². The van der Waals surface area contributed by atoms with E-state index in [1.165, 1.54) is 38.2 Å². The molecule has 0 N–H and O–H groups in total. The van der Waals surface area contributed by atoms with E-state index >= 15 is 0 Å². The monoisotopic (exact) mass is 313 g/mol. The predicted octanol–water partition coefficient (Wildman–Crippen LogP) is 3.12. The van der Waals surface area contributed by atoms with Crippen molar-refractivity contribution in [3.05, 3.63) is 39.9 Å². The van der Waals surface area contributed by atoms with Crippen molar-refractivity contribution in [2.24, 2.45) is 22.7 Å². The molecule has 5 aliphatic rings. The lowest BCUT2D eigenvalue weighted by atomic mass is 9.68. The van der Waals surface area contributed by atoms with Gasteiger partial charge in [0.05, 0.1) is 4.92 Å². The van der Waals surface area contributed by atoms with Crippen LogP contribution in [-0.4, -0.2) is 28.1 Å². The summed E-state index contributed by atoms with van der Waals surface area (Å²) in [5, 5.41) is 13.3. The molecule has 3 aliphatic heterocycles. The molecule has 120 valence electrons. The summed E-state index contributed by atoms with van der Waals surface area (Å²) >= 11 is 0. The van der Waals surface area contributed by atoms with Crippen molar-refractivity contribution in [2.75, 3.05) is 0 Å². The fourth-order valence-electron chi connectivity index (χ4n) is 5.21. The zero-order valence-electron chi connectivity index (χ0n) is 12.8. The van der Waals surface area contributed by atoms with Gasteiger partial charge in [-0.25, -0.2) is 4.99 Å². The molecule has 6 rings (SSSR count). The molecule has 3 unspecified atom stereocenters. The number of hydrogen-bond donors (Lipinski definition) is 0. The standard InChI is InChI=1S/C17H19N3O3/c21-20(22)15-4-2-1-3-14(15)17-18-16-12-6-10-5-11(7-12)9-13(8-10)19(16)23-17/h1-4,10-13,16H,5-9H2. The SMILES string of the molecule is O=[N+]([O-])c1ccccc1C1=NC2C3CC4CC(C3)CC(C4)N2O1. The summed E-state index contributed by atoms with van der Waals surface area (Å²) in [7, 11) is 0. The van der Waals surface area contributed by atoms with Crippen LogP contribution in [0.25, 0.3) is 0 Å². The quantitative estimate of drug-likeness (QED) is 0.621. The summed E-state index contributed by atoms with van der Waals surface area (Å²) in [6, 6.07) is 7.14. The van der Waals surface area contributed by atoms with Gasteiger partial charge in [-0.05, 0) is 55.9 Å². The number of aliphatic imine (C=N–C) groups is 1. The maximum absolute atomic E-state index is 11.3. The van der Waals surface area contributed by atoms with E-state index in [-0.39, 0.29) is 16.8 Å². The van der Waals surface area contributed by atoms with Gasteiger partial charge in [0.1, 0.15) is 11.7 Å². The van der Waals surface area contributed by atoms with Crippen LogP contribution in [0.1, 0.15) is 37.7 Å². The highest BCUT2D eigenvalue weighted by molar-refractivity contribution is 5.98. The highest BCUT2D eigenvalue weighted by Crippen LogP contribution is 2.51. The second-order valence-electron chi connectivity index (χ2n) is 7.40. The van der Waals surface area contributed by atoms with Gasteiger partial charge in [-0.1, -0.05) is 12.1 Å². The third-order valence-electron chi connectivity index (χ3n) is 5.96. The van der Waals surface area contributed by atoms with Crippen LogP contribution in [0.4, 0.5) is 5.69 Å². The minimum Gasteiger partial charge on any atom is -0.383 e. The number of benzene rings is 1. The minimum atomic E-state index is -0.360. The molecule has 6 heteroatoms. The number of hydrogen-bond acceptors (Lipinski definition) is 5. The first-order valence-electron chi connectivity index (χ1n) is 8.47. The van der Waals surface area contributed by atoms with Crippen molar-refractivity contribution in [3.8, 4) is 0 Å². The fourth-order valence-corrected chi connectivity index (χ4v) is 5.21. The summed E-state index contributed by atoms with van der Waals surface area (Å²) < 4.78 is 0. The highest BCUT2D eigenvalue weighted by Gasteiger charge is 2.51. The van der Waals surface area contributed by atoms with E-state index in [1.54, 1.807) is 18.2 Å². The molecule has 2 aliphatic carbocycles. The van der Waals surface area contributed by atoms with Gasteiger partial charge in [-0.3, -0.25) is 10.1 Å². The molecule has 0 aromatic heterocycles. The first-order chi connectivity index (χ1) is 11.2. The van der Waals surface area contributed by atoms with E-state index in [2.05, 4.69) is 5.06 Å². The maximum Gasteiger partial charge on any atom is 0.282 e. The van der Waals surface area contributed by atoms with Crippen LogP contribution in [0.2, 0.25) is 0 Å². The van der Waals surface area contributed by atoms with Crippen LogP contribution < -0.4 is 0 Å². The van der Waals surface area contributed by atoms with Crippen molar-refractivity contribution in [1.82, 2.24) is 5.06 Å². The number of para-hydroxylation sites is 1. The van der Waals surface area contributed by atoms with Crippen LogP contribution in [0.3, 0.4) is 0 Å². The Morgan fingerprint density at radius 3 is 2.61 bits per heavy atom. The van der Waals surface area contributed by atoms with Crippen LogP contribution in [-0.2, 0) is 4.84 Å². The van der Waals surface area contributed by atoms with Crippen molar-refractivity contribution in [1.29, 1.82) is 0 Å². The molecule has 2 saturated heterocycles. The maximum atomic E-state index is 11.3. The lowest BCUT2D eigenvalue weighted by Gasteiger charge is -2.38. The molecule has 3 heterocycles. The number of nitrogens with zero attached hydrogens (tertiary/aromatic N) is 3. The third kappa shape index (κ3) is 2.01. The Morgan fingerprint density at radius 1 is 1.13 bits per heavy atom. The second kappa shape index (κ2) is 4.77. The molecule has 23 heavy (non-hydrogen) atoms. The summed E-state index contributed by atoms with van der Waals surface area (Å²) in [4.78, 5) is 21.8. The van der Waals surface area contributed by atoms with Crippen LogP contribution >= 0.6 is 0 Å². The Bertz CT molecular complexity index is 690. The Morgan fingerprint density at radius 2 is 1.87 bits per heavy atom. The third-order valence-corrected chi connectivity index (χ3v) is 5.96. The second-order valence-corrected chi connectivity index (χ2v) is 7.40. The molecule has 0 spiro atoms. The van der Waals surface area contributed by atoms with E-state index in [0.717, 1.165) is 11.8 Å². The van der Waals surface area contributed by atoms with Gasteiger partial charge in [0, 0.05) is 12.1 Å². The van der Waals surface area contributed by atoms with E-state index in [4.69, 9.17) is 9.83 Å². The summed E-state index contributed by atoms with van der Waals surface area (Å²) in [6.45, 7) is 0. The number of nitro benzene ring substituents is 1. The summed E-state index contributed by atoms with van der Waals surface area (Å²) in [6.07, 6.45) is 6.24. The Balaban J connectivity index is 1.53. The molecular formula is C17H19N3O3. The van der Waals surface area contributed by atoms with Crippen molar-refractivity contribution in [2.45, 2.75) is 44.3 Å². The van der Waals surface area contributed by atoms with Crippen molar-refractivity contribution >= 4 is 11.6 Å². The first kappa shape index (κ1) is 13.5. The van der Waals surface area contributed by atoms with Gasteiger partial charge >= 0.3 is 0 Å². The average molecular weight is 313 g/mol. The van der Waals surface area contributed by atoms with Crippen molar-refractivity contribution < 1.29 is 9.76 Å². The molecule has 4 bridgehead atoms. The van der Waals surface area contributed by atoms with Gasteiger partial charge in [0.25, 0.3) is 5.69 Å². The minimum absolute atomic E-state index is 0.0464. The molecule has 0 radical (unpaired) electrons. The van der Waals surface area contributed by atoms with E-state index < -0.39 is 0 Å². The van der Waals surface area contributed by atoms with Gasteiger partial charge in [-0.15, -0.1) is 5.06 Å². The summed E-state index contributed by atoms with van der Waals surface area (Å²) in [5.74, 6) is 2.59. The Labute approximate surface area is 134 Å². The normalized spacial score (nSPS) is 37.9. The van der Waals surface area contributed by atoms with E-state index in [9.17, 15) is 10.1 Å². The Kier molecular flexibility index (Phi) is 2.80. The van der Waals surface area contributed by atoms with Gasteiger partial charge in [0.15, 0.2) is 0 Å². The average Bonchev–Trinajstić information content (AvgIpc) is 2.92. The molecule has 6 nitrogen and oxygen atoms in total. The number of hydroxylamine groups is 2. The summed E-state index contributed by atoms with van der Waals surface area (Å²) in [5.41, 5.74) is 0.561. The Hall–Kier alpha value is -1.95. The zero-order chi connectivity index (χ0) is 15.6. The van der Waals surface area contributed by atoms with Gasteiger partial charge in [-0.2, -0.15) is 0 Å². The lowest BCUT2D eigenvalue weighted by molar-refractivity contribution is -0.385.